The van der Waals surface area contributed by atoms with Crippen LogP contribution in [0, 0.1) is 5.92 Å². The number of nitrogens with zero attached hydrogens (tertiary/aromatic N) is 2. The van der Waals surface area contributed by atoms with Crippen molar-refractivity contribution in [2.24, 2.45) is 16.6 Å². The van der Waals surface area contributed by atoms with Crippen LogP contribution in [0.15, 0.2) is 4.99 Å². The largest absolute Gasteiger partial charge is 0.387 e. The molecule has 15 heavy (non-hydrogen) atoms. The lowest BCUT2D eigenvalue weighted by Gasteiger charge is -2.33. The van der Waals surface area contributed by atoms with Crippen molar-refractivity contribution in [2.75, 3.05) is 13.1 Å². The van der Waals surface area contributed by atoms with Gasteiger partial charge < -0.3 is 10.6 Å². The lowest BCUT2D eigenvalue weighted by Crippen LogP contribution is -2.40. The van der Waals surface area contributed by atoms with Crippen LogP contribution in [0.2, 0.25) is 0 Å². The van der Waals surface area contributed by atoms with E-state index in [2.05, 4.69) is 4.90 Å². The Balaban J connectivity index is 1.60. The molecule has 3 fully saturated rings. The molecule has 84 valence electrons. The summed E-state index contributed by atoms with van der Waals surface area (Å²) < 4.78 is 0. The van der Waals surface area contributed by atoms with Crippen molar-refractivity contribution in [2.45, 2.75) is 50.6 Å². The lowest BCUT2D eigenvalue weighted by molar-refractivity contribution is 0.182. The van der Waals surface area contributed by atoms with E-state index in [1.807, 2.05) is 0 Å². The lowest BCUT2D eigenvalue weighted by atomic mass is 9.98. The Morgan fingerprint density at radius 2 is 2.00 bits per heavy atom. The fraction of sp³-hybridized carbons (Fsp3) is 0.917. The van der Waals surface area contributed by atoms with Crippen molar-refractivity contribution < 1.29 is 0 Å². The van der Waals surface area contributed by atoms with E-state index in [1.54, 1.807) is 0 Å². The smallest absolute Gasteiger partial charge is 0.0971 e. The van der Waals surface area contributed by atoms with E-state index in [1.165, 1.54) is 51.6 Å². The number of aliphatic imine (C=N–C) groups is 1. The first-order valence-electron chi connectivity index (χ1n) is 6.40. The summed E-state index contributed by atoms with van der Waals surface area (Å²) in [5, 5.41) is 0. The van der Waals surface area contributed by atoms with Crippen LogP contribution in [0.4, 0.5) is 0 Å². The molecule has 0 amide bonds. The van der Waals surface area contributed by atoms with Crippen molar-refractivity contribution in [3.63, 3.8) is 0 Å². The summed E-state index contributed by atoms with van der Waals surface area (Å²) in [6.45, 7) is 2.57. The molecule has 2 atom stereocenters. The third-order valence-electron chi connectivity index (χ3n) is 4.12. The molecule has 3 nitrogen and oxygen atoms in total. The van der Waals surface area contributed by atoms with Crippen LogP contribution in [0.5, 0.6) is 0 Å². The highest BCUT2D eigenvalue weighted by atomic mass is 15.2. The highest BCUT2D eigenvalue weighted by Crippen LogP contribution is 2.31. The van der Waals surface area contributed by atoms with Gasteiger partial charge in [0.15, 0.2) is 0 Å². The van der Waals surface area contributed by atoms with Crippen LogP contribution in [-0.2, 0) is 0 Å². The maximum absolute atomic E-state index is 5.98. The maximum atomic E-state index is 5.98. The number of hydrogen-bond acceptors (Lipinski definition) is 2. The summed E-state index contributed by atoms with van der Waals surface area (Å²) in [5.74, 6) is 1.60. The Morgan fingerprint density at radius 3 is 2.80 bits per heavy atom. The predicted octanol–water partition coefficient (Wildman–Crippen LogP) is 1.38. The standard InChI is InChI=1S/C12H21N3/c13-12(9-3-4-9)14-10-5-7-15-6-1-2-11(15)8-10/h9-11H,1-8H2,(H2,13,14). The fourth-order valence-corrected chi connectivity index (χ4v) is 3.02. The van der Waals surface area contributed by atoms with Gasteiger partial charge in [0, 0.05) is 18.5 Å². The quantitative estimate of drug-likeness (QED) is 0.549. The Kier molecular flexibility index (Phi) is 2.43. The van der Waals surface area contributed by atoms with Crippen molar-refractivity contribution >= 4 is 5.84 Å². The molecule has 2 aliphatic heterocycles. The van der Waals surface area contributed by atoms with Gasteiger partial charge in [-0.3, -0.25) is 4.99 Å². The van der Waals surface area contributed by atoms with Gasteiger partial charge in [-0.05, 0) is 45.1 Å². The number of rotatable bonds is 2. The summed E-state index contributed by atoms with van der Waals surface area (Å²) in [6.07, 6.45) is 7.81. The van der Waals surface area contributed by atoms with Crippen LogP contribution in [-0.4, -0.2) is 35.9 Å². The Labute approximate surface area is 91.7 Å². The molecule has 3 heteroatoms. The number of nitrogens with two attached hydrogens (primary N) is 1. The van der Waals surface area contributed by atoms with Crippen LogP contribution < -0.4 is 5.73 Å². The number of fused-ring (bicyclic) bond motifs is 1. The predicted molar refractivity (Wildman–Crippen MR) is 62.0 cm³/mol. The third-order valence-corrected chi connectivity index (χ3v) is 4.12. The molecular formula is C12H21N3. The first-order valence-corrected chi connectivity index (χ1v) is 6.40. The zero-order valence-electron chi connectivity index (χ0n) is 9.36. The average Bonchev–Trinajstić information content (AvgIpc) is 2.98. The average molecular weight is 207 g/mol. The molecule has 0 radical (unpaired) electrons. The van der Waals surface area contributed by atoms with Gasteiger partial charge in [0.1, 0.15) is 0 Å². The van der Waals surface area contributed by atoms with Gasteiger partial charge in [0.25, 0.3) is 0 Å². The second-order valence-corrected chi connectivity index (χ2v) is 5.34. The monoisotopic (exact) mass is 207 g/mol. The molecule has 1 saturated carbocycles. The van der Waals surface area contributed by atoms with Gasteiger partial charge >= 0.3 is 0 Å². The molecule has 0 bridgehead atoms. The second-order valence-electron chi connectivity index (χ2n) is 5.34. The maximum Gasteiger partial charge on any atom is 0.0971 e. The molecular weight excluding hydrogens is 186 g/mol. The fourth-order valence-electron chi connectivity index (χ4n) is 3.02. The van der Waals surface area contributed by atoms with Crippen molar-refractivity contribution in [3.05, 3.63) is 0 Å². The molecule has 0 aromatic carbocycles. The van der Waals surface area contributed by atoms with Crippen molar-refractivity contribution in [3.8, 4) is 0 Å². The van der Waals surface area contributed by atoms with Crippen LogP contribution >= 0.6 is 0 Å². The molecule has 2 N–H and O–H groups in total. The van der Waals surface area contributed by atoms with E-state index in [0.717, 1.165) is 11.9 Å². The van der Waals surface area contributed by atoms with E-state index in [0.29, 0.717) is 12.0 Å². The zero-order chi connectivity index (χ0) is 10.3. The Bertz CT molecular complexity index is 270. The Morgan fingerprint density at radius 1 is 1.13 bits per heavy atom. The van der Waals surface area contributed by atoms with Crippen LogP contribution in [0.25, 0.3) is 0 Å². The minimum absolute atomic E-state index is 0.532. The van der Waals surface area contributed by atoms with Gasteiger partial charge in [0.2, 0.25) is 0 Å². The summed E-state index contributed by atoms with van der Waals surface area (Å²) in [6, 6.07) is 1.35. The molecule has 0 spiro atoms. The van der Waals surface area contributed by atoms with E-state index < -0.39 is 0 Å². The molecule has 0 aromatic rings. The SMILES string of the molecule is NC(=NC1CCN2CCCC2C1)C1CC1. The Hall–Kier alpha value is -0.570. The van der Waals surface area contributed by atoms with Gasteiger partial charge in [0.05, 0.1) is 11.9 Å². The molecule has 3 aliphatic rings. The second kappa shape index (κ2) is 3.78. The number of piperidine rings is 1. The number of amidine groups is 1. The molecule has 3 rings (SSSR count). The van der Waals surface area contributed by atoms with Crippen LogP contribution in [0.3, 0.4) is 0 Å². The molecule has 2 heterocycles. The van der Waals surface area contributed by atoms with Gasteiger partial charge in [-0.1, -0.05) is 0 Å². The van der Waals surface area contributed by atoms with E-state index in [4.69, 9.17) is 10.7 Å². The minimum atomic E-state index is 0.532. The summed E-state index contributed by atoms with van der Waals surface area (Å²) in [7, 11) is 0. The topological polar surface area (TPSA) is 41.6 Å². The van der Waals surface area contributed by atoms with E-state index in [-0.39, 0.29) is 0 Å². The van der Waals surface area contributed by atoms with Gasteiger partial charge in [-0.15, -0.1) is 0 Å². The minimum Gasteiger partial charge on any atom is -0.387 e. The normalized spacial score (nSPS) is 38.0. The number of hydrogen-bond donors (Lipinski definition) is 1. The van der Waals surface area contributed by atoms with Gasteiger partial charge in [-0.2, -0.15) is 0 Å². The summed E-state index contributed by atoms with van der Waals surface area (Å²) in [5.41, 5.74) is 5.98. The highest BCUT2D eigenvalue weighted by molar-refractivity contribution is 5.85. The summed E-state index contributed by atoms with van der Waals surface area (Å²) >= 11 is 0. The first-order chi connectivity index (χ1) is 7.33. The third kappa shape index (κ3) is 2.03. The highest BCUT2D eigenvalue weighted by Gasteiger charge is 2.32. The van der Waals surface area contributed by atoms with Gasteiger partial charge in [-0.25, -0.2) is 0 Å². The molecule has 1 aliphatic carbocycles. The summed E-state index contributed by atoms with van der Waals surface area (Å²) in [4.78, 5) is 7.36. The molecule has 0 aromatic heterocycles. The van der Waals surface area contributed by atoms with Crippen LogP contribution in [0.1, 0.15) is 38.5 Å². The zero-order valence-corrected chi connectivity index (χ0v) is 9.36. The molecule has 2 unspecified atom stereocenters. The van der Waals surface area contributed by atoms with E-state index >= 15 is 0 Å². The first kappa shape index (κ1) is 9.64. The molecule has 2 saturated heterocycles. The van der Waals surface area contributed by atoms with Crippen molar-refractivity contribution in [1.29, 1.82) is 0 Å². The van der Waals surface area contributed by atoms with E-state index in [9.17, 15) is 0 Å². The van der Waals surface area contributed by atoms with Crippen molar-refractivity contribution in [1.82, 2.24) is 4.90 Å².